The Morgan fingerprint density at radius 1 is 0.364 bits per heavy atom. The van der Waals surface area contributed by atoms with Crippen LogP contribution in [0.4, 0.5) is 34.1 Å². The minimum Gasteiger partial charge on any atom is -0.493 e. The summed E-state index contributed by atoms with van der Waals surface area (Å²) in [5.41, 5.74) is 10.3. The van der Waals surface area contributed by atoms with Gasteiger partial charge in [0.25, 0.3) is 0 Å². The van der Waals surface area contributed by atoms with Gasteiger partial charge >= 0.3 is 0 Å². The number of aldehydes is 2. The lowest BCUT2D eigenvalue weighted by Gasteiger charge is -2.26. The van der Waals surface area contributed by atoms with E-state index in [2.05, 4.69) is 109 Å². The summed E-state index contributed by atoms with van der Waals surface area (Å²) in [6.45, 7) is 5.58. The Balaban J connectivity index is 1.29. The Hall–Kier alpha value is -7.44. The Labute approximate surface area is 391 Å². The zero-order chi connectivity index (χ0) is 45.8. The first kappa shape index (κ1) is 46.5. The lowest BCUT2D eigenvalue weighted by Crippen LogP contribution is -2.10. The molecule has 0 heterocycles. The van der Waals surface area contributed by atoms with E-state index >= 15 is 0 Å². The normalized spacial score (nSPS) is 11.2. The number of hydrogen-bond donors (Lipinski definition) is 0. The number of nitrogens with zero attached hydrogens (tertiary/aromatic N) is 2. The van der Waals surface area contributed by atoms with E-state index in [0.717, 1.165) is 132 Å². The maximum Gasteiger partial charge on any atom is 0.150 e. The second-order valence-corrected chi connectivity index (χ2v) is 16.4. The van der Waals surface area contributed by atoms with Gasteiger partial charge in [-0.25, -0.2) is 0 Å². The van der Waals surface area contributed by atoms with Gasteiger partial charge in [-0.1, -0.05) is 149 Å². The molecule has 0 aliphatic rings. The molecule has 6 nitrogen and oxygen atoms in total. The predicted octanol–water partition coefficient (Wildman–Crippen LogP) is 16.5. The summed E-state index contributed by atoms with van der Waals surface area (Å²) >= 11 is 0. The number of hydrogen-bond acceptors (Lipinski definition) is 6. The first-order chi connectivity index (χ1) is 32.6. The molecule has 6 heteroatoms. The van der Waals surface area contributed by atoms with Crippen LogP contribution in [-0.4, -0.2) is 25.8 Å². The van der Waals surface area contributed by atoms with Crippen molar-refractivity contribution in [2.45, 2.75) is 65.2 Å². The zero-order valence-electron chi connectivity index (χ0n) is 38.2. The Morgan fingerprint density at radius 2 is 0.697 bits per heavy atom. The summed E-state index contributed by atoms with van der Waals surface area (Å²) in [7, 11) is 0. The van der Waals surface area contributed by atoms with Gasteiger partial charge in [-0.05, 0) is 121 Å². The molecule has 0 unspecified atom stereocenters. The highest BCUT2D eigenvalue weighted by Gasteiger charge is 2.16. The largest absolute Gasteiger partial charge is 0.493 e. The average Bonchev–Trinajstić information content (AvgIpc) is 3.36. The maximum atomic E-state index is 12.5. The van der Waals surface area contributed by atoms with E-state index in [4.69, 9.17) is 9.47 Å². The zero-order valence-corrected chi connectivity index (χ0v) is 38.2. The molecular formula is C60H60N2O4. The fourth-order valence-corrected chi connectivity index (χ4v) is 8.00. The summed E-state index contributed by atoms with van der Waals surface area (Å²) in [5, 5.41) is 0. The first-order valence-electron chi connectivity index (χ1n) is 23.4. The van der Waals surface area contributed by atoms with Gasteiger partial charge < -0.3 is 19.3 Å². The van der Waals surface area contributed by atoms with E-state index < -0.39 is 0 Å². The highest BCUT2D eigenvalue weighted by Crippen LogP contribution is 2.38. The van der Waals surface area contributed by atoms with E-state index in [1.54, 1.807) is 0 Å². The molecule has 7 rings (SSSR count). The van der Waals surface area contributed by atoms with Gasteiger partial charge in [0.05, 0.1) is 13.2 Å². The molecule has 0 aliphatic carbocycles. The molecule has 0 bridgehead atoms. The molecule has 0 saturated carbocycles. The van der Waals surface area contributed by atoms with E-state index in [1.165, 1.54) is 0 Å². The monoisotopic (exact) mass is 872 g/mol. The summed E-state index contributed by atoms with van der Waals surface area (Å²) in [6, 6.07) is 56.8. The number of carbonyl (C=O) groups is 2. The van der Waals surface area contributed by atoms with Crippen LogP contribution in [0.15, 0.2) is 170 Å². The van der Waals surface area contributed by atoms with E-state index in [1.807, 2.05) is 109 Å². The Kier molecular flexibility index (Phi) is 17.3. The van der Waals surface area contributed by atoms with Crippen molar-refractivity contribution in [3.05, 3.63) is 203 Å². The molecule has 0 saturated heterocycles. The van der Waals surface area contributed by atoms with Crippen LogP contribution in [0, 0.1) is 0 Å². The van der Waals surface area contributed by atoms with Crippen LogP contribution in [0.1, 0.15) is 108 Å². The number of carbonyl (C=O) groups excluding carboxylic acids is 2. The standard InChI is InChI=1S/C60H60N2O4/c1-3-5-7-21-35-65-59-43-52(34-32-48-38-50(46-64)42-58(40-48)62(55-27-17-11-18-28-55)56-29-19-12-20-30-56)60(66-36-22-8-6-4-2)44-51(59)33-31-47-37-49(45-63)41-57(39-47)61(53-23-13-9-14-24-53)54-25-15-10-16-26-54/h9-20,23-34,37-46H,3-8,21-22,35-36H2,1-2H3/b33-31+,34-32+. The van der Waals surface area contributed by atoms with Crippen LogP contribution in [0.5, 0.6) is 11.5 Å². The van der Waals surface area contributed by atoms with Crippen LogP contribution in [-0.2, 0) is 0 Å². The fraction of sp³-hybridized carbons (Fsp3) is 0.200. The molecule has 7 aromatic rings. The lowest BCUT2D eigenvalue weighted by atomic mass is 10.0. The molecule has 0 atom stereocenters. The van der Waals surface area contributed by atoms with Gasteiger partial charge in [0.2, 0.25) is 0 Å². The number of ether oxygens (including phenoxy) is 2. The molecule has 334 valence electrons. The molecule has 0 aromatic heterocycles. The summed E-state index contributed by atoms with van der Waals surface area (Å²) in [4.78, 5) is 29.2. The molecule has 0 aliphatic heterocycles. The number of anilines is 6. The van der Waals surface area contributed by atoms with Crippen molar-refractivity contribution in [2.24, 2.45) is 0 Å². The van der Waals surface area contributed by atoms with Crippen molar-refractivity contribution < 1.29 is 19.1 Å². The van der Waals surface area contributed by atoms with Gasteiger partial charge in [0.1, 0.15) is 24.1 Å². The highest BCUT2D eigenvalue weighted by atomic mass is 16.5. The first-order valence-corrected chi connectivity index (χ1v) is 23.4. The molecule has 7 aromatic carbocycles. The highest BCUT2D eigenvalue weighted by molar-refractivity contribution is 5.88. The van der Waals surface area contributed by atoms with Gasteiger partial charge in [-0.15, -0.1) is 0 Å². The smallest absolute Gasteiger partial charge is 0.150 e. The SMILES string of the molecule is CCCCCCOc1cc(/C=C/c2cc(C=O)cc(N(c3ccccc3)c3ccccc3)c2)c(OCCCCCC)cc1/C=C/c1cc(C=O)cc(N(c2ccccc2)c2ccccc2)c1. The van der Waals surface area contributed by atoms with Crippen LogP contribution in [0.2, 0.25) is 0 Å². The summed E-state index contributed by atoms with van der Waals surface area (Å²) in [6.07, 6.45) is 18.7. The van der Waals surface area contributed by atoms with Crippen LogP contribution in [0.25, 0.3) is 24.3 Å². The molecule has 0 radical (unpaired) electrons. The van der Waals surface area contributed by atoms with E-state index in [9.17, 15) is 9.59 Å². The van der Waals surface area contributed by atoms with Crippen molar-refractivity contribution >= 4 is 71.0 Å². The maximum absolute atomic E-state index is 12.5. The number of benzene rings is 7. The van der Waals surface area contributed by atoms with Gasteiger partial charge in [0, 0.05) is 56.4 Å². The Bertz CT molecular complexity index is 2400. The fourth-order valence-electron chi connectivity index (χ4n) is 8.00. The summed E-state index contributed by atoms with van der Waals surface area (Å²) in [5.74, 6) is 1.48. The van der Waals surface area contributed by atoms with Crippen molar-refractivity contribution in [3.63, 3.8) is 0 Å². The minimum absolute atomic E-state index is 0.575. The van der Waals surface area contributed by atoms with Crippen LogP contribution < -0.4 is 19.3 Å². The second kappa shape index (κ2) is 24.6. The molecule has 66 heavy (non-hydrogen) atoms. The quantitative estimate of drug-likeness (QED) is 0.0342. The lowest BCUT2D eigenvalue weighted by molar-refractivity contribution is 0.111. The predicted molar refractivity (Wildman–Crippen MR) is 277 cm³/mol. The van der Waals surface area contributed by atoms with Gasteiger partial charge in [-0.2, -0.15) is 0 Å². The number of unbranched alkanes of at least 4 members (excludes halogenated alkanes) is 6. The molecule has 0 amide bonds. The molecule has 0 fully saturated rings. The van der Waals surface area contributed by atoms with Crippen molar-refractivity contribution in [3.8, 4) is 11.5 Å². The van der Waals surface area contributed by atoms with E-state index in [-0.39, 0.29) is 0 Å². The van der Waals surface area contributed by atoms with Gasteiger partial charge in [0.15, 0.2) is 0 Å². The number of rotatable bonds is 24. The third-order valence-corrected chi connectivity index (χ3v) is 11.3. The van der Waals surface area contributed by atoms with Gasteiger partial charge in [-0.3, -0.25) is 9.59 Å². The topological polar surface area (TPSA) is 59.1 Å². The second-order valence-electron chi connectivity index (χ2n) is 16.4. The average molecular weight is 873 g/mol. The molecule has 0 spiro atoms. The third kappa shape index (κ3) is 12.9. The summed E-state index contributed by atoms with van der Waals surface area (Å²) < 4.78 is 13.3. The third-order valence-electron chi connectivity index (χ3n) is 11.3. The number of para-hydroxylation sites is 4. The minimum atomic E-state index is 0.575. The molecular weight excluding hydrogens is 813 g/mol. The Morgan fingerprint density at radius 3 is 1.02 bits per heavy atom. The van der Waals surface area contributed by atoms with Crippen molar-refractivity contribution in [2.75, 3.05) is 23.0 Å². The van der Waals surface area contributed by atoms with E-state index in [0.29, 0.717) is 24.3 Å². The van der Waals surface area contributed by atoms with Crippen molar-refractivity contribution in [1.29, 1.82) is 0 Å². The van der Waals surface area contributed by atoms with Crippen molar-refractivity contribution in [1.82, 2.24) is 0 Å². The molecule has 0 N–H and O–H groups in total. The van der Waals surface area contributed by atoms with Crippen LogP contribution in [0.3, 0.4) is 0 Å². The van der Waals surface area contributed by atoms with Crippen LogP contribution >= 0.6 is 0 Å².